The third-order valence-corrected chi connectivity index (χ3v) is 4.24. The smallest absolute Gasteiger partial charge is 0.253 e. The zero-order valence-corrected chi connectivity index (χ0v) is 12.4. The van der Waals surface area contributed by atoms with E-state index < -0.39 is 10.9 Å². The summed E-state index contributed by atoms with van der Waals surface area (Å²) in [5, 5.41) is 0. The van der Waals surface area contributed by atoms with Gasteiger partial charge in [-0.3, -0.25) is 9.59 Å². The van der Waals surface area contributed by atoms with E-state index in [2.05, 4.69) is 33.0 Å². The predicted octanol–water partition coefficient (Wildman–Crippen LogP) is 0.954. The molecule has 0 aromatic heterocycles. The van der Waals surface area contributed by atoms with Gasteiger partial charge in [0.1, 0.15) is 11.4 Å². The number of nitrogens with zero attached hydrogens (tertiary/aromatic N) is 2. The number of hydrogen-bond acceptors (Lipinski definition) is 5. The van der Waals surface area contributed by atoms with Gasteiger partial charge >= 0.3 is 0 Å². The molecule has 0 saturated carbocycles. The second kappa shape index (κ2) is 4.94. The summed E-state index contributed by atoms with van der Waals surface area (Å²) in [7, 11) is 0. The molecule has 2 aromatic rings. The third-order valence-electron chi connectivity index (χ3n) is 3.71. The first-order chi connectivity index (χ1) is 9.58. The maximum atomic E-state index is 11.5. The molecule has 0 aliphatic carbocycles. The Morgan fingerprint density at radius 2 is 1.45 bits per heavy atom. The summed E-state index contributed by atoms with van der Waals surface area (Å²) in [5.41, 5.74) is 6.29. The van der Waals surface area contributed by atoms with E-state index in [-0.39, 0.29) is 5.69 Å². The molecule has 0 spiro atoms. The Kier molecular flexibility index (Phi) is 3.25. The molecular formula is C14H14BrN3O2. The Morgan fingerprint density at radius 1 is 0.900 bits per heavy atom. The monoisotopic (exact) mass is 335 g/mol. The van der Waals surface area contributed by atoms with Crippen molar-refractivity contribution in [2.75, 3.05) is 41.7 Å². The van der Waals surface area contributed by atoms with Gasteiger partial charge in [0.2, 0.25) is 0 Å². The molecule has 1 aliphatic rings. The van der Waals surface area contributed by atoms with E-state index in [1.807, 2.05) is 17.0 Å². The zero-order chi connectivity index (χ0) is 14.3. The van der Waals surface area contributed by atoms with Gasteiger partial charge in [-0.05, 0) is 24.3 Å². The van der Waals surface area contributed by atoms with Gasteiger partial charge in [0.05, 0.1) is 0 Å². The highest BCUT2D eigenvalue weighted by atomic mass is 79.9. The van der Waals surface area contributed by atoms with Crippen LogP contribution in [-0.2, 0) is 0 Å². The molecule has 1 heterocycles. The van der Waals surface area contributed by atoms with Crippen LogP contribution < -0.4 is 26.4 Å². The second-order valence-corrected chi connectivity index (χ2v) is 5.79. The summed E-state index contributed by atoms with van der Waals surface area (Å²) in [5.74, 6) is 0. The summed E-state index contributed by atoms with van der Waals surface area (Å²) < 4.78 is 1.05. The lowest BCUT2D eigenvalue weighted by Gasteiger charge is -2.37. The highest BCUT2D eigenvalue weighted by molar-refractivity contribution is 9.10. The Labute approximate surface area is 124 Å². The molecule has 6 heteroatoms. The van der Waals surface area contributed by atoms with Crippen LogP contribution in [0, 0.1) is 0 Å². The first kappa shape index (κ1) is 13.2. The van der Waals surface area contributed by atoms with Gasteiger partial charge in [0.15, 0.2) is 0 Å². The van der Waals surface area contributed by atoms with Crippen molar-refractivity contribution in [2.45, 2.75) is 0 Å². The van der Waals surface area contributed by atoms with Gasteiger partial charge in [-0.2, -0.15) is 0 Å². The number of rotatable bonds is 2. The van der Waals surface area contributed by atoms with Crippen LogP contribution in [0.1, 0.15) is 0 Å². The van der Waals surface area contributed by atoms with Gasteiger partial charge in [-0.15, -0.1) is 0 Å². The Morgan fingerprint density at radius 3 is 2.00 bits per heavy atom. The number of piperazine rings is 1. The minimum absolute atomic E-state index is 0.118. The highest BCUT2D eigenvalue weighted by Crippen LogP contribution is 2.23. The van der Waals surface area contributed by atoms with E-state index in [9.17, 15) is 9.59 Å². The van der Waals surface area contributed by atoms with Crippen molar-refractivity contribution in [1.82, 2.24) is 0 Å². The average Bonchev–Trinajstić information content (AvgIpc) is 2.49. The predicted molar refractivity (Wildman–Crippen MR) is 84.3 cm³/mol. The molecule has 1 aliphatic heterocycles. The average molecular weight is 336 g/mol. The summed E-state index contributed by atoms with van der Waals surface area (Å²) in [6.07, 6.45) is 0. The third kappa shape index (κ3) is 2.10. The minimum atomic E-state index is -0.546. The number of nitrogens with two attached hydrogens (primary N) is 1. The SMILES string of the molecule is Nc1c(N2CCN(c3ccc(Br)cc3)CC2)c(=O)c1=O. The fourth-order valence-corrected chi connectivity index (χ4v) is 2.82. The van der Waals surface area contributed by atoms with Crippen LogP contribution >= 0.6 is 15.9 Å². The molecule has 0 amide bonds. The number of anilines is 3. The molecule has 3 rings (SSSR count). The van der Waals surface area contributed by atoms with E-state index in [1.54, 1.807) is 0 Å². The summed E-state index contributed by atoms with van der Waals surface area (Å²) in [4.78, 5) is 26.8. The lowest BCUT2D eigenvalue weighted by molar-refractivity contribution is 0.651. The number of halogens is 1. The molecular weight excluding hydrogens is 322 g/mol. The van der Waals surface area contributed by atoms with E-state index in [0.717, 1.165) is 23.2 Å². The van der Waals surface area contributed by atoms with Crippen molar-refractivity contribution < 1.29 is 0 Å². The lowest BCUT2D eigenvalue weighted by atomic mass is 10.1. The lowest BCUT2D eigenvalue weighted by Crippen LogP contribution is -2.51. The van der Waals surface area contributed by atoms with Crippen LogP contribution in [0.2, 0.25) is 0 Å². The molecule has 1 saturated heterocycles. The molecule has 0 bridgehead atoms. The first-order valence-corrected chi connectivity index (χ1v) is 7.21. The normalized spacial score (nSPS) is 15.8. The quantitative estimate of drug-likeness (QED) is 0.828. The van der Waals surface area contributed by atoms with Gasteiger partial charge in [0.25, 0.3) is 10.9 Å². The maximum absolute atomic E-state index is 11.5. The number of benzene rings is 1. The number of hydrogen-bond donors (Lipinski definition) is 1. The molecule has 2 aromatic carbocycles. The largest absolute Gasteiger partial charge is 0.394 e. The van der Waals surface area contributed by atoms with Crippen LogP contribution in [0.15, 0.2) is 38.3 Å². The van der Waals surface area contributed by atoms with Crippen molar-refractivity contribution in [3.8, 4) is 0 Å². The van der Waals surface area contributed by atoms with Crippen LogP contribution in [0.25, 0.3) is 0 Å². The second-order valence-electron chi connectivity index (χ2n) is 4.87. The van der Waals surface area contributed by atoms with E-state index >= 15 is 0 Å². The van der Waals surface area contributed by atoms with Crippen molar-refractivity contribution in [3.05, 3.63) is 49.2 Å². The summed E-state index contributed by atoms with van der Waals surface area (Å²) in [6, 6.07) is 8.14. The highest BCUT2D eigenvalue weighted by Gasteiger charge is 2.26. The fourth-order valence-electron chi connectivity index (χ4n) is 2.55. The van der Waals surface area contributed by atoms with Gasteiger partial charge in [-0.1, -0.05) is 15.9 Å². The van der Waals surface area contributed by atoms with Crippen molar-refractivity contribution in [1.29, 1.82) is 0 Å². The fraction of sp³-hybridized carbons (Fsp3) is 0.286. The van der Waals surface area contributed by atoms with Crippen molar-refractivity contribution in [2.24, 2.45) is 0 Å². The maximum Gasteiger partial charge on any atom is 0.253 e. The topological polar surface area (TPSA) is 66.6 Å². The van der Waals surface area contributed by atoms with Crippen molar-refractivity contribution >= 4 is 33.0 Å². The van der Waals surface area contributed by atoms with Crippen LogP contribution in [0.5, 0.6) is 0 Å². The van der Waals surface area contributed by atoms with Crippen LogP contribution in [-0.4, -0.2) is 26.2 Å². The van der Waals surface area contributed by atoms with Gasteiger partial charge in [0, 0.05) is 36.3 Å². The first-order valence-electron chi connectivity index (χ1n) is 6.42. The van der Waals surface area contributed by atoms with Crippen molar-refractivity contribution in [3.63, 3.8) is 0 Å². The minimum Gasteiger partial charge on any atom is -0.394 e. The van der Waals surface area contributed by atoms with Crippen LogP contribution in [0.4, 0.5) is 17.1 Å². The Bertz CT molecular complexity index is 696. The standard InChI is InChI=1S/C14H14BrN3O2/c15-9-1-3-10(4-2-9)17-5-7-18(8-6-17)12-11(16)13(19)14(12)20/h1-4H,5-8,16H2. The van der Waals surface area contributed by atoms with Gasteiger partial charge in [-0.25, -0.2) is 0 Å². The molecule has 2 N–H and O–H groups in total. The molecule has 5 nitrogen and oxygen atoms in total. The molecule has 20 heavy (non-hydrogen) atoms. The van der Waals surface area contributed by atoms with E-state index in [0.29, 0.717) is 18.8 Å². The Balaban J connectivity index is 1.70. The Hall–Kier alpha value is -1.82. The number of nitrogen functional groups attached to an aromatic ring is 1. The summed E-state index contributed by atoms with van der Waals surface area (Å²) in [6.45, 7) is 3.01. The van der Waals surface area contributed by atoms with E-state index in [1.165, 1.54) is 0 Å². The zero-order valence-electron chi connectivity index (χ0n) is 10.8. The molecule has 1 fully saturated rings. The molecule has 0 atom stereocenters. The van der Waals surface area contributed by atoms with Gasteiger partial charge < -0.3 is 15.5 Å². The summed E-state index contributed by atoms with van der Waals surface area (Å²) >= 11 is 3.42. The van der Waals surface area contributed by atoms with E-state index in [4.69, 9.17) is 5.73 Å². The molecule has 0 unspecified atom stereocenters. The molecule has 104 valence electrons. The molecule has 0 radical (unpaired) electrons. The van der Waals surface area contributed by atoms with Crippen LogP contribution in [0.3, 0.4) is 0 Å².